The van der Waals surface area contributed by atoms with E-state index in [9.17, 15) is 9.59 Å². The summed E-state index contributed by atoms with van der Waals surface area (Å²) in [7, 11) is -2.77. The van der Waals surface area contributed by atoms with Crippen molar-refractivity contribution in [2.75, 3.05) is 0 Å². The van der Waals surface area contributed by atoms with Gasteiger partial charge in [0.25, 0.3) is 11.9 Å². The molecule has 1 heterocycles. The molecular weight excluding hydrogens is 276 g/mol. The summed E-state index contributed by atoms with van der Waals surface area (Å²) in [5.74, 6) is 0.191. The van der Waals surface area contributed by atoms with Gasteiger partial charge in [0.15, 0.2) is 0 Å². The monoisotopic (exact) mass is 300 g/mol. The second kappa shape index (κ2) is 5.85. The topological polar surface area (TPSA) is 65.1 Å². The van der Waals surface area contributed by atoms with Crippen molar-refractivity contribution in [2.24, 2.45) is 11.8 Å². The van der Waals surface area contributed by atoms with Gasteiger partial charge in [0.05, 0.1) is 12.2 Å². The van der Waals surface area contributed by atoms with Crippen molar-refractivity contribution in [1.29, 1.82) is 0 Å². The average molecular weight is 300 g/mol. The van der Waals surface area contributed by atoms with Gasteiger partial charge in [-0.25, -0.2) is 0 Å². The Hall–Kier alpha value is -0.883. The lowest BCUT2D eigenvalue weighted by molar-refractivity contribution is -0.138. The smallest absolute Gasteiger partial charge is 0.461 e. The SMILES string of the molecule is CC(=O)O[Si](C)(CC(C)C1CCC2OC2C1)OC(C)=O. The minimum absolute atomic E-state index is 0.371. The minimum Gasteiger partial charge on any atom is -0.485 e. The van der Waals surface area contributed by atoms with Crippen LogP contribution in [0.1, 0.15) is 40.0 Å². The van der Waals surface area contributed by atoms with Gasteiger partial charge in [-0.2, -0.15) is 0 Å². The van der Waals surface area contributed by atoms with Crippen LogP contribution in [0, 0.1) is 11.8 Å². The Balaban J connectivity index is 1.94. The van der Waals surface area contributed by atoms with E-state index < -0.39 is 8.56 Å². The molecule has 2 aliphatic rings. The van der Waals surface area contributed by atoms with E-state index in [0.29, 0.717) is 30.1 Å². The molecule has 0 radical (unpaired) electrons. The molecule has 0 aromatic heterocycles. The molecule has 0 amide bonds. The number of ether oxygens (including phenoxy) is 1. The molecule has 0 N–H and O–H groups in total. The number of carbonyl (C=O) groups is 2. The summed E-state index contributed by atoms with van der Waals surface area (Å²) in [4.78, 5) is 22.5. The highest BCUT2D eigenvalue weighted by Crippen LogP contribution is 2.43. The molecule has 2 fully saturated rings. The van der Waals surface area contributed by atoms with Crippen molar-refractivity contribution in [3.05, 3.63) is 0 Å². The molecule has 4 atom stereocenters. The van der Waals surface area contributed by atoms with E-state index in [-0.39, 0.29) is 11.9 Å². The Bertz CT molecular complexity index is 381. The van der Waals surface area contributed by atoms with Gasteiger partial charge in [-0.1, -0.05) is 6.92 Å². The first kappa shape index (κ1) is 15.5. The molecule has 0 bridgehead atoms. The van der Waals surface area contributed by atoms with Crippen LogP contribution >= 0.6 is 0 Å². The molecule has 20 heavy (non-hydrogen) atoms. The normalized spacial score (nSPS) is 30.1. The molecule has 1 saturated heterocycles. The van der Waals surface area contributed by atoms with Gasteiger partial charge in [0.1, 0.15) is 0 Å². The van der Waals surface area contributed by atoms with Crippen molar-refractivity contribution < 1.29 is 23.2 Å². The number of hydrogen-bond donors (Lipinski definition) is 0. The van der Waals surface area contributed by atoms with E-state index in [4.69, 9.17) is 13.6 Å². The lowest BCUT2D eigenvalue weighted by atomic mass is 9.82. The molecule has 1 saturated carbocycles. The third-order valence-electron chi connectivity index (χ3n) is 4.26. The lowest BCUT2D eigenvalue weighted by Gasteiger charge is -2.32. The largest absolute Gasteiger partial charge is 0.485 e. The van der Waals surface area contributed by atoms with Gasteiger partial charge in [0.2, 0.25) is 0 Å². The summed E-state index contributed by atoms with van der Waals surface area (Å²) in [6.45, 7) is 6.68. The predicted molar refractivity (Wildman–Crippen MR) is 75.1 cm³/mol. The van der Waals surface area contributed by atoms with E-state index >= 15 is 0 Å². The summed E-state index contributed by atoms with van der Waals surface area (Å²) < 4.78 is 16.3. The fraction of sp³-hybridized carbons (Fsp3) is 0.857. The van der Waals surface area contributed by atoms with Crippen LogP contribution in [0.15, 0.2) is 0 Å². The number of fused-ring (bicyclic) bond motifs is 1. The van der Waals surface area contributed by atoms with Gasteiger partial charge in [-0.15, -0.1) is 0 Å². The molecule has 1 aliphatic carbocycles. The van der Waals surface area contributed by atoms with Crippen molar-refractivity contribution >= 4 is 20.5 Å². The van der Waals surface area contributed by atoms with Crippen LogP contribution in [0.25, 0.3) is 0 Å². The summed E-state index contributed by atoms with van der Waals surface area (Å²) in [6.07, 6.45) is 4.28. The number of rotatable bonds is 5. The first-order chi connectivity index (χ1) is 9.29. The lowest BCUT2D eigenvalue weighted by Crippen LogP contribution is -2.44. The van der Waals surface area contributed by atoms with Crippen molar-refractivity contribution in [1.82, 2.24) is 0 Å². The quantitative estimate of drug-likeness (QED) is 0.576. The van der Waals surface area contributed by atoms with Gasteiger partial charge in [0, 0.05) is 26.4 Å². The first-order valence-electron chi connectivity index (χ1n) is 7.33. The molecule has 0 spiro atoms. The average Bonchev–Trinajstić information content (AvgIpc) is 3.03. The van der Waals surface area contributed by atoms with Crippen LogP contribution in [-0.2, 0) is 23.2 Å². The summed E-state index contributed by atoms with van der Waals surface area (Å²) in [5, 5.41) is 0. The van der Waals surface area contributed by atoms with Crippen molar-refractivity contribution in [2.45, 2.75) is 64.8 Å². The molecule has 0 aromatic rings. The molecule has 114 valence electrons. The van der Waals surface area contributed by atoms with Gasteiger partial charge in [-0.3, -0.25) is 9.59 Å². The highest BCUT2D eigenvalue weighted by molar-refractivity contribution is 6.69. The molecule has 2 rings (SSSR count). The highest BCUT2D eigenvalue weighted by Gasteiger charge is 2.47. The van der Waals surface area contributed by atoms with Crippen LogP contribution in [0.2, 0.25) is 12.6 Å². The third-order valence-corrected chi connectivity index (χ3v) is 7.09. The Morgan fingerprint density at radius 3 is 2.30 bits per heavy atom. The summed E-state index contributed by atoms with van der Waals surface area (Å²) in [5.41, 5.74) is 0. The van der Waals surface area contributed by atoms with Crippen LogP contribution in [0.4, 0.5) is 0 Å². The molecule has 0 aromatic carbocycles. The zero-order valence-corrected chi connectivity index (χ0v) is 13.7. The van der Waals surface area contributed by atoms with E-state index in [1.54, 1.807) is 6.55 Å². The second-order valence-corrected chi connectivity index (χ2v) is 9.37. The van der Waals surface area contributed by atoms with E-state index in [0.717, 1.165) is 19.3 Å². The predicted octanol–water partition coefficient (Wildman–Crippen LogP) is 2.39. The first-order valence-corrected chi connectivity index (χ1v) is 9.86. The Labute approximate surface area is 121 Å². The van der Waals surface area contributed by atoms with Crippen LogP contribution < -0.4 is 0 Å². The van der Waals surface area contributed by atoms with Gasteiger partial charge >= 0.3 is 8.56 Å². The standard InChI is InChI=1S/C14H24O5Si/c1-9(12-5-6-13-14(7-12)17-13)8-20(4,18-10(2)15)19-11(3)16/h9,12-14H,5-8H2,1-4H3. The van der Waals surface area contributed by atoms with Crippen LogP contribution in [0.3, 0.4) is 0 Å². The number of epoxide rings is 1. The molecule has 5 nitrogen and oxygen atoms in total. The minimum atomic E-state index is -2.77. The van der Waals surface area contributed by atoms with E-state index in [1.165, 1.54) is 13.8 Å². The van der Waals surface area contributed by atoms with Crippen LogP contribution in [-0.4, -0.2) is 32.7 Å². The van der Waals surface area contributed by atoms with E-state index in [1.807, 2.05) is 0 Å². The fourth-order valence-electron chi connectivity index (χ4n) is 3.42. The van der Waals surface area contributed by atoms with Crippen molar-refractivity contribution in [3.63, 3.8) is 0 Å². The third kappa shape index (κ3) is 4.05. The Morgan fingerprint density at radius 2 is 1.80 bits per heavy atom. The van der Waals surface area contributed by atoms with Gasteiger partial charge in [-0.05, 0) is 31.1 Å². The Kier molecular flexibility index (Phi) is 4.54. The Morgan fingerprint density at radius 1 is 1.20 bits per heavy atom. The van der Waals surface area contributed by atoms with Gasteiger partial charge < -0.3 is 13.6 Å². The number of hydrogen-bond acceptors (Lipinski definition) is 5. The molecular formula is C14H24O5Si. The van der Waals surface area contributed by atoms with Crippen LogP contribution in [0.5, 0.6) is 0 Å². The maximum absolute atomic E-state index is 11.3. The zero-order valence-electron chi connectivity index (χ0n) is 12.7. The molecule has 4 unspecified atom stereocenters. The molecule has 1 aliphatic heterocycles. The maximum Gasteiger partial charge on any atom is 0.461 e. The fourth-order valence-corrected chi connectivity index (χ4v) is 6.34. The second-order valence-electron chi connectivity index (χ2n) is 6.29. The number of carbonyl (C=O) groups excluding carboxylic acids is 2. The maximum atomic E-state index is 11.3. The van der Waals surface area contributed by atoms with Crippen molar-refractivity contribution in [3.8, 4) is 0 Å². The highest BCUT2D eigenvalue weighted by atomic mass is 28.4. The molecule has 6 heteroatoms. The summed E-state index contributed by atoms with van der Waals surface area (Å²) in [6, 6.07) is 0.661. The van der Waals surface area contributed by atoms with E-state index in [2.05, 4.69) is 6.92 Å². The zero-order chi connectivity index (χ0) is 14.9. The summed E-state index contributed by atoms with van der Waals surface area (Å²) >= 11 is 0.